The molecule has 3 atom stereocenters. The molecule has 1 fully saturated rings. The minimum atomic E-state index is -1.22. The van der Waals surface area contributed by atoms with Crippen LogP contribution in [0.1, 0.15) is 40.6 Å². The van der Waals surface area contributed by atoms with Gasteiger partial charge in [0.2, 0.25) is 5.91 Å². The maximum absolute atomic E-state index is 14.7. The van der Waals surface area contributed by atoms with Crippen LogP contribution in [0.15, 0.2) is 54.6 Å². The van der Waals surface area contributed by atoms with E-state index >= 15 is 0 Å². The molecule has 0 bridgehead atoms. The summed E-state index contributed by atoms with van der Waals surface area (Å²) in [5, 5.41) is 6.84. The van der Waals surface area contributed by atoms with Crippen molar-refractivity contribution in [1.29, 1.82) is 0 Å². The molecule has 2 N–H and O–H groups in total. The van der Waals surface area contributed by atoms with Gasteiger partial charge < -0.3 is 10.6 Å². The smallest absolute Gasteiger partial charge is 0.237 e. The first-order valence-corrected chi connectivity index (χ1v) is 11.1. The van der Waals surface area contributed by atoms with E-state index in [1.54, 1.807) is 12.1 Å². The number of benzene rings is 3. The second-order valence-electron chi connectivity index (χ2n) is 8.42. The number of piperidine rings is 1. The first-order valence-electron chi connectivity index (χ1n) is 10.4. The van der Waals surface area contributed by atoms with Crippen molar-refractivity contribution in [2.45, 2.75) is 30.7 Å². The number of hydrogen-bond acceptors (Lipinski definition) is 2. The zero-order valence-corrected chi connectivity index (χ0v) is 18.7. The van der Waals surface area contributed by atoms with Gasteiger partial charge in [0.15, 0.2) is 0 Å². The first kappa shape index (κ1) is 21.4. The first-order chi connectivity index (χ1) is 15.3. The zero-order chi connectivity index (χ0) is 22.6. The Kier molecular flexibility index (Phi) is 5.24. The van der Waals surface area contributed by atoms with E-state index in [0.29, 0.717) is 34.8 Å². The summed E-state index contributed by atoms with van der Waals surface area (Å²) >= 11 is 12.3. The molecule has 3 unspecified atom stereocenters. The fourth-order valence-electron chi connectivity index (χ4n) is 5.37. The van der Waals surface area contributed by atoms with Gasteiger partial charge in [-0.25, -0.2) is 8.78 Å². The molecule has 2 aliphatic rings. The Morgan fingerprint density at radius 2 is 1.88 bits per heavy atom. The van der Waals surface area contributed by atoms with Crippen LogP contribution in [0.25, 0.3) is 0 Å². The summed E-state index contributed by atoms with van der Waals surface area (Å²) in [4.78, 5) is 13.8. The molecule has 5 rings (SSSR count). The molecule has 0 aromatic heterocycles. The Hall–Kier alpha value is -2.47. The van der Waals surface area contributed by atoms with Crippen LogP contribution in [0, 0.1) is 18.6 Å². The number of anilines is 1. The summed E-state index contributed by atoms with van der Waals surface area (Å²) in [5.74, 6) is -1.60. The Morgan fingerprint density at radius 1 is 1.06 bits per heavy atom. The van der Waals surface area contributed by atoms with E-state index < -0.39 is 23.1 Å². The Labute approximate surface area is 194 Å². The van der Waals surface area contributed by atoms with E-state index in [1.165, 1.54) is 24.3 Å². The molecule has 3 aromatic carbocycles. The molecule has 2 aliphatic heterocycles. The molecule has 0 aliphatic carbocycles. The Balaban J connectivity index is 1.82. The van der Waals surface area contributed by atoms with Crippen LogP contribution in [0.2, 0.25) is 10.0 Å². The molecular weight excluding hydrogens is 453 g/mol. The van der Waals surface area contributed by atoms with Gasteiger partial charge in [-0.3, -0.25) is 4.79 Å². The van der Waals surface area contributed by atoms with Gasteiger partial charge in [-0.15, -0.1) is 0 Å². The van der Waals surface area contributed by atoms with E-state index in [1.807, 2.05) is 25.1 Å². The van der Waals surface area contributed by atoms with E-state index in [9.17, 15) is 13.6 Å². The second kappa shape index (κ2) is 7.84. The SMILES string of the molecule is Cc1ccc(F)cc1C1NCCC(c2cccc(Cl)c2)C12C(=O)Nc1cc(Cl)c(F)cc12. The number of nitrogens with one attached hydrogen (secondary N) is 2. The van der Waals surface area contributed by atoms with Crippen molar-refractivity contribution >= 4 is 34.8 Å². The van der Waals surface area contributed by atoms with E-state index in [2.05, 4.69) is 10.6 Å². The average Bonchev–Trinajstić information content (AvgIpc) is 3.02. The summed E-state index contributed by atoms with van der Waals surface area (Å²) in [5.41, 5.74) is 2.13. The van der Waals surface area contributed by atoms with Crippen molar-refractivity contribution in [3.05, 3.63) is 98.5 Å². The molecule has 164 valence electrons. The summed E-state index contributed by atoms with van der Waals surface area (Å²) in [6.07, 6.45) is 0.613. The van der Waals surface area contributed by atoms with Crippen LogP contribution in [-0.4, -0.2) is 12.5 Å². The number of fused-ring (bicyclic) bond motifs is 2. The van der Waals surface area contributed by atoms with Crippen LogP contribution in [0.4, 0.5) is 14.5 Å². The van der Waals surface area contributed by atoms with Crippen molar-refractivity contribution in [1.82, 2.24) is 5.32 Å². The number of carbonyl (C=O) groups is 1. The largest absolute Gasteiger partial charge is 0.325 e. The van der Waals surface area contributed by atoms with Crippen LogP contribution >= 0.6 is 23.2 Å². The molecule has 3 aromatic rings. The van der Waals surface area contributed by atoms with Crippen molar-refractivity contribution in [3.63, 3.8) is 0 Å². The molecule has 0 radical (unpaired) electrons. The Morgan fingerprint density at radius 3 is 2.66 bits per heavy atom. The lowest BCUT2D eigenvalue weighted by Crippen LogP contribution is -2.55. The minimum absolute atomic E-state index is 0.0670. The number of aryl methyl sites for hydroxylation is 1. The predicted molar refractivity (Wildman–Crippen MR) is 122 cm³/mol. The molecule has 0 saturated carbocycles. The van der Waals surface area contributed by atoms with Crippen molar-refractivity contribution in [3.8, 4) is 0 Å². The summed E-state index contributed by atoms with van der Waals surface area (Å²) in [7, 11) is 0. The highest BCUT2D eigenvalue weighted by Crippen LogP contribution is 2.58. The van der Waals surface area contributed by atoms with E-state index in [-0.39, 0.29) is 16.8 Å². The van der Waals surface area contributed by atoms with Crippen LogP contribution in [-0.2, 0) is 10.2 Å². The maximum Gasteiger partial charge on any atom is 0.237 e. The summed E-state index contributed by atoms with van der Waals surface area (Å²) < 4.78 is 29.1. The fourth-order valence-corrected chi connectivity index (χ4v) is 5.73. The van der Waals surface area contributed by atoms with Gasteiger partial charge in [-0.05, 0) is 78.5 Å². The molecule has 3 nitrogen and oxygen atoms in total. The lowest BCUT2D eigenvalue weighted by molar-refractivity contribution is -0.123. The maximum atomic E-state index is 14.7. The lowest BCUT2D eigenvalue weighted by atomic mass is 9.59. The number of rotatable bonds is 2. The van der Waals surface area contributed by atoms with Crippen molar-refractivity contribution < 1.29 is 13.6 Å². The average molecular weight is 473 g/mol. The predicted octanol–water partition coefficient (Wildman–Crippen LogP) is 6.29. The van der Waals surface area contributed by atoms with Crippen LogP contribution < -0.4 is 10.6 Å². The van der Waals surface area contributed by atoms with Gasteiger partial charge in [0.1, 0.15) is 17.0 Å². The van der Waals surface area contributed by atoms with E-state index in [4.69, 9.17) is 23.2 Å². The van der Waals surface area contributed by atoms with Gasteiger partial charge in [0.05, 0.1) is 11.1 Å². The second-order valence-corrected chi connectivity index (χ2v) is 9.26. The number of carbonyl (C=O) groups excluding carboxylic acids is 1. The molecule has 1 saturated heterocycles. The highest BCUT2D eigenvalue weighted by Gasteiger charge is 2.60. The third-order valence-corrected chi connectivity index (χ3v) is 7.24. The number of hydrogen-bond donors (Lipinski definition) is 2. The van der Waals surface area contributed by atoms with Gasteiger partial charge in [-0.1, -0.05) is 41.4 Å². The van der Waals surface area contributed by atoms with Crippen molar-refractivity contribution in [2.75, 3.05) is 11.9 Å². The molecule has 32 heavy (non-hydrogen) atoms. The normalized spacial score (nSPS) is 24.5. The van der Waals surface area contributed by atoms with Crippen LogP contribution in [0.3, 0.4) is 0 Å². The fraction of sp³-hybridized carbons (Fsp3) is 0.240. The summed E-state index contributed by atoms with van der Waals surface area (Å²) in [6.45, 7) is 2.47. The van der Waals surface area contributed by atoms with Crippen molar-refractivity contribution in [2.24, 2.45) is 0 Å². The third-order valence-electron chi connectivity index (χ3n) is 6.72. The molecule has 1 spiro atoms. The van der Waals surface area contributed by atoms with E-state index in [0.717, 1.165) is 11.1 Å². The van der Waals surface area contributed by atoms with Gasteiger partial charge >= 0.3 is 0 Å². The standard InChI is InChI=1S/C25H20Cl2F2N2O/c1-13-5-6-16(28)10-17(13)23-25(18(7-8-30-23)14-3-2-4-15(26)9-14)19-11-21(29)20(27)12-22(19)31-24(25)32/h2-6,9-12,18,23,30H,7-8H2,1H3,(H,31,32). The quantitative estimate of drug-likeness (QED) is 0.460. The number of halogens is 4. The van der Waals surface area contributed by atoms with Gasteiger partial charge in [-0.2, -0.15) is 0 Å². The molecule has 7 heteroatoms. The highest BCUT2D eigenvalue weighted by atomic mass is 35.5. The molecule has 2 heterocycles. The monoisotopic (exact) mass is 472 g/mol. The zero-order valence-electron chi connectivity index (χ0n) is 17.2. The third kappa shape index (κ3) is 3.14. The molecule has 1 amide bonds. The number of amides is 1. The topological polar surface area (TPSA) is 41.1 Å². The Bertz CT molecular complexity index is 1250. The van der Waals surface area contributed by atoms with Gasteiger partial charge in [0.25, 0.3) is 0 Å². The van der Waals surface area contributed by atoms with Crippen LogP contribution in [0.5, 0.6) is 0 Å². The minimum Gasteiger partial charge on any atom is -0.325 e. The van der Waals surface area contributed by atoms with Gasteiger partial charge in [0, 0.05) is 16.6 Å². The lowest BCUT2D eigenvalue weighted by Gasteiger charge is -2.47. The highest BCUT2D eigenvalue weighted by molar-refractivity contribution is 6.31. The summed E-state index contributed by atoms with van der Waals surface area (Å²) in [6, 6.07) is 14.1. The molecular formula is C25H20Cl2F2N2O.